The predicted octanol–water partition coefficient (Wildman–Crippen LogP) is 1.62. The highest BCUT2D eigenvalue weighted by Gasteiger charge is 1.91. The van der Waals surface area contributed by atoms with Crippen LogP contribution >= 0.6 is 37.4 Å². The lowest BCUT2D eigenvalue weighted by Gasteiger charge is -1.85. The van der Waals surface area contributed by atoms with Gasteiger partial charge >= 0.3 is 5.97 Å². The van der Waals surface area contributed by atoms with E-state index in [1.54, 1.807) is 0 Å². The molecule has 0 spiro atoms. The van der Waals surface area contributed by atoms with Crippen molar-refractivity contribution >= 4 is 43.4 Å². The van der Waals surface area contributed by atoms with Gasteiger partial charge in [-0.1, -0.05) is 0 Å². The molecule has 0 unspecified atom stereocenters. The maximum Gasteiger partial charge on any atom is 0.303 e. The molecule has 0 aromatic heterocycles. The second-order valence-corrected chi connectivity index (χ2v) is 1.67. The lowest BCUT2D eigenvalue weighted by molar-refractivity contribution is -0.137. The summed E-state index contributed by atoms with van der Waals surface area (Å²) < 4.78 is 0. The van der Waals surface area contributed by atoms with Gasteiger partial charge in [-0.25, -0.2) is 0 Å². The van der Waals surface area contributed by atoms with Gasteiger partial charge in [0.05, 0.1) is 0 Å². The predicted molar refractivity (Wildman–Crippen MR) is 45.2 cm³/mol. The summed E-state index contributed by atoms with van der Waals surface area (Å²) in [6.45, 7) is 0. The molecule has 0 atom stereocenters. The van der Waals surface area contributed by atoms with Crippen molar-refractivity contribution in [2.24, 2.45) is 0 Å². The molecule has 0 amide bonds. The van der Waals surface area contributed by atoms with Gasteiger partial charge in [0.15, 0.2) is 0 Å². The third-order valence-corrected chi connectivity index (χ3v) is 0.865. The van der Waals surface area contributed by atoms with E-state index in [0.29, 0.717) is 12.2 Å². The Bertz CT molecular complexity index is 69.6. The molecule has 0 radical (unpaired) electrons. The van der Waals surface area contributed by atoms with Crippen LogP contribution in [0.1, 0.15) is 12.8 Å². The smallest absolute Gasteiger partial charge is 0.303 e. The van der Waals surface area contributed by atoms with E-state index < -0.39 is 5.97 Å². The van der Waals surface area contributed by atoms with Crippen LogP contribution in [0.2, 0.25) is 0 Å². The normalized spacial score (nSPS) is 6.78. The Balaban J connectivity index is -0.000000180. The largest absolute Gasteiger partial charge is 0.481 e. The zero-order valence-corrected chi connectivity index (χ0v) is 7.27. The number of carbonyl (C=O) groups is 1. The third-order valence-electron chi connectivity index (χ3n) is 0.549. The molecule has 0 saturated carbocycles. The van der Waals surface area contributed by atoms with Crippen LogP contribution in [0.25, 0.3) is 0 Å². The highest BCUT2D eigenvalue weighted by atomic mass is 35.5. The first kappa shape index (κ1) is 16.2. The summed E-state index contributed by atoms with van der Waals surface area (Å²) in [7, 11) is 0. The first-order valence-electron chi connectivity index (χ1n) is 2.10. The van der Waals surface area contributed by atoms with Gasteiger partial charge in [-0.15, -0.1) is 24.8 Å². The summed E-state index contributed by atoms with van der Waals surface area (Å²) in [4.78, 5) is 9.72. The van der Waals surface area contributed by atoms with Crippen molar-refractivity contribution in [1.82, 2.24) is 0 Å². The standard InChI is InChI=1S/C4H8O2S.2ClH/c5-4(6)2-1-3-7;;/h7H,1-3H2,(H,5,6);2*1H. The minimum Gasteiger partial charge on any atom is -0.481 e. The molecule has 0 aliphatic rings. The van der Waals surface area contributed by atoms with Gasteiger partial charge in [0.2, 0.25) is 0 Å². The van der Waals surface area contributed by atoms with Crippen LogP contribution < -0.4 is 0 Å². The number of hydrogen-bond donors (Lipinski definition) is 2. The fraction of sp³-hybridized carbons (Fsp3) is 0.750. The van der Waals surface area contributed by atoms with Gasteiger partial charge in [0, 0.05) is 6.42 Å². The fourth-order valence-corrected chi connectivity index (χ4v) is 0.388. The third kappa shape index (κ3) is 17.8. The van der Waals surface area contributed by atoms with Gasteiger partial charge in [0.25, 0.3) is 0 Å². The molecule has 0 bridgehead atoms. The average molecular weight is 193 g/mol. The lowest BCUT2D eigenvalue weighted by atomic mass is 10.3. The number of thiol groups is 1. The SMILES string of the molecule is Cl.Cl.O=C(O)CCCS. The zero-order chi connectivity index (χ0) is 5.70. The average Bonchev–Trinajstić information content (AvgIpc) is 1.61. The Morgan fingerprint density at radius 2 is 1.89 bits per heavy atom. The summed E-state index contributed by atoms with van der Waals surface area (Å²) in [5.74, 6) is -0.0826. The van der Waals surface area contributed by atoms with E-state index in [1.165, 1.54) is 0 Å². The molecule has 0 rings (SSSR count). The van der Waals surface area contributed by atoms with E-state index in [4.69, 9.17) is 5.11 Å². The number of halogens is 2. The van der Waals surface area contributed by atoms with Crippen LogP contribution in [0, 0.1) is 0 Å². The van der Waals surface area contributed by atoms with Crippen LogP contribution in [-0.4, -0.2) is 16.8 Å². The number of carboxylic acid groups (broad SMARTS) is 1. The van der Waals surface area contributed by atoms with E-state index in [-0.39, 0.29) is 31.2 Å². The molecule has 0 aliphatic carbocycles. The van der Waals surface area contributed by atoms with Crippen molar-refractivity contribution in [3.63, 3.8) is 0 Å². The van der Waals surface area contributed by atoms with Crippen molar-refractivity contribution in [1.29, 1.82) is 0 Å². The Labute approximate surface area is 72.3 Å². The molecule has 2 nitrogen and oxygen atoms in total. The van der Waals surface area contributed by atoms with E-state index in [2.05, 4.69) is 12.6 Å². The van der Waals surface area contributed by atoms with Gasteiger partial charge in [-0.3, -0.25) is 4.79 Å². The van der Waals surface area contributed by atoms with Crippen LogP contribution in [0.4, 0.5) is 0 Å². The quantitative estimate of drug-likeness (QED) is 0.668. The number of carboxylic acids is 1. The van der Waals surface area contributed by atoms with Crippen LogP contribution in [0.5, 0.6) is 0 Å². The summed E-state index contributed by atoms with van der Waals surface area (Å²) in [5.41, 5.74) is 0. The van der Waals surface area contributed by atoms with Gasteiger partial charge in [-0.05, 0) is 12.2 Å². The van der Waals surface area contributed by atoms with Crippen LogP contribution in [-0.2, 0) is 4.79 Å². The molecule has 0 fully saturated rings. The van der Waals surface area contributed by atoms with Crippen LogP contribution in [0.3, 0.4) is 0 Å². The van der Waals surface area contributed by atoms with Gasteiger partial charge in [-0.2, -0.15) is 12.6 Å². The summed E-state index contributed by atoms with van der Waals surface area (Å²) >= 11 is 3.83. The topological polar surface area (TPSA) is 37.3 Å². The summed E-state index contributed by atoms with van der Waals surface area (Å²) in [5, 5.41) is 8.01. The minimum absolute atomic E-state index is 0. The van der Waals surface area contributed by atoms with Crippen molar-refractivity contribution < 1.29 is 9.90 Å². The molecule has 5 heteroatoms. The molecule has 0 saturated heterocycles. The van der Waals surface area contributed by atoms with Crippen LogP contribution in [0.15, 0.2) is 0 Å². The fourth-order valence-electron chi connectivity index (χ4n) is 0.230. The Morgan fingerprint density at radius 3 is 2.00 bits per heavy atom. The van der Waals surface area contributed by atoms with E-state index in [0.717, 1.165) is 0 Å². The molecule has 0 aromatic rings. The molecule has 1 N–H and O–H groups in total. The van der Waals surface area contributed by atoms with E-state index in [1.807, 2.05) is 0 Å². The minimum atomic E-state index is -0.742. The first-order valence-corrected chi connectivity index (χ1v) is 2.73. The zero-order valence-electron chi connectivity index (χ0n) is 4.74. The maximum absolute atomic E-state index is 9.72. The summed E-state index contributed by atoms with van der Waals surface area (Å²) in [6, 6.07) is 0. The molecule has 9 heavy (non-hydrogen) atoms. The Kier molecular flexibility index (Phi) is 20.2. The van der Waals surface area contributed by atoms with Crippen molar-refractivity contribution in [3.8, 4) is 0 Å². The van der Waals surface area contributed by atoms with E-state index >= 15 is 0 Å². The highest BCUT2D eigenvalue weighted by Crippen LogP contribution is 1.88. The molecular formula is C4H10Cl2O2S. The first-order chi connectivity index (χ1) is 3.27. The second-order valence-electron chi connectivity index (χ2n) is 1.22. The maximum atomic E-state index is 9.72. The van der Waals surface area contributed by atoms with Crippen molar-refractivity contribution in [2.75, 3.05) is 5.75 Å². The molecule has 0 heterocycles. The highest BCUT2D eigenvalue weighted by molar-refractivity contribution is 7.80. The van der Waals surface area contributed by atoms with Crippen molar-refractivity contribution in [2.45, 2.75) is 12.8 Å². The monoisotopic (exact) mass is 192 g/mol. The Morgan fingerprint density at radius 1 is 1.44 bits per heavy atom. The lowest BCUT2D eigenvalue weighted by Crippen LogP contribution is -1.93. The second kappa shape index (κ2) is 11.2. The van der Waals surface area contributed by atoms with Gasteiger partial charge in [0.1, 0.15) is 0 Å². The molecule has 58 valence electrons. The molecule has 0 aliphatic heterocycles. The van der Waals surface area contributed by atoms with Gasteiger partial charge < -0.3 is 5.11 Å². The molecular weight excluding hydrogens is 183 g/mol. The Hall–Kier alpha value is 0.400. The number of hydrogen-bond acceptors (Lipinski definition) is 2. The molecule has 0 aromatic carbocycles. The summed E-state index contributed by atoms with van der Waals surface area (Å²) in [6.07, 6.45) is 0.905. The number of rotatable bonds is 3. The number of aliphatic carboxylic acids is 1. The van der Waals surface area contributed by atoms with Crippen molar-refractivity contribution in [3.05, 3.63) is 0 Å². The van der Waals surface area contributed by atoms with E-state index in [9.17, 15) is 4.79 Å².